The Hall–Kier alpha value is -2.47. The summed E-state index contributed by atoms with van der Waals surface area (Å²) in [6.45, 7) is 1.86. The molecular formula is C16H17N3O2S. The first-order valence-electron chi connectivity index (χ1n) is 6.91. The van der Waals surface area contributed by atoms with Crippen LogP contribution in [0.2, 0.25) is 0 Å². The van der Waals surface area contributed by atoms with Gasteiger partial charge in [0.25, 0.3) is 5.56 Å². The molecular weight excluding hydrogens is 298 g/mol. The van der Waals surface area contributed by atoms with Crippen LogP contribution in [0, 0.1) is 0 Å². The minimum atomic E-state index is -0.567. The number of nitrogens with one attached hydrogen (secondary N) is 1. The van der Waals surface area contributed by atoms with Crippen LogP contribution in [0.15, 0.2) is 53.5 Å². The lowest BCUT2D eigenvalue weighted by molar-refractivity contribution is -0.119. The predicted molar refractivity (Wildman–Crippen MR) is 91.0 cm³/mol. The van der Waals surface area contributed by atoms with E-state index in [0.717, 1.165) is 0 Å². The normalized spacial score (nSPS) is 11.7. The van der Waals surface area contributed by atoms with Gasteiger partial charge in [-0.15, -0.1) is 0 Å². The highest BCUT2D eigenvalue weighted by atomic mass is 32.1. The van der Waals surface area contributed by atoms with E-state index >= 15 is 0 Å². The zero-order valence-corrected chi connectivity index (χ0v) is 13.0. The highest BCUT2D eigenvalue weighted by Crippen LogP contribution is 2.15. The molecule has 0 aliphatic heterocycles. The number of hydrogen-bond acceptors (Lipinski definition) is 3. The number of aromatic nitrogens is 1. The van der Waals surface area contributed by atoms with Gasteiger partial charge in [-0.1, -0.05) is 37.3 Å². The van der Waals surface area contributed by atoms with Crippen LogP contribution < -0.4 is 16.6 Å². The molecule has 22 heavy (non-hydrogen) atoms. The van der Waals surface area contributed by atoms with Crippen LogP contribution in [0.4, 0.5) is 5.69 Å². The summed E-state index contributed by atoms with van der Waals surface area (Å²) in [7, 11) is 0. The highest BCUT2D eigenvalue weighted by molar-refractivity contribution is 7.80. The van der Waals surface area contributed by atoms with E-state index in [4.69, 9.17) is 18.0 Å². The summed E-state index contributed by atoms with van der Waals surface area (Å²) in [5.74, 6) is -0.254. The number of nitrogens with zero attached hydrogens (tertiary/aromatic N) is 1. The maximum Gasteiger partial charge on any atom is 0.251 e. The highest BCUT2D eigenvalue weighted by Gasteiger charge is 2.19. The molecule has 1 atom stereocenters. The molecule has 0 saturated heterocycles. The Kier molecular flexibility index (Phi) is 5.06. The second kappa shape index (κ2) is 7.00. The van der Waals surface area contributed by atoms with Crippen molar-refractivity contribution in [3.05, 3.63) is 64.6 Å². The molecule has 5 nitrogen and oxygen atoms in total. The maximum absolute atomic E-state index is 12.4. The Bertz CT molecular complexity index is 755. The van der Waals surface area contributed by atoms with Crippen molar-refractivity contribution < 1.29 is 4.79 Å². The van der Waals surface area contributed by atoms with Crippen molar-refractivity contribution in [3.8, 4) is 0 Å². The predicted octanol–water partition coefficient (Wildman–Crippen LogP) is 2.07. The Balaban J connectivity index is 2.24. The summed E-state index contributed by atoms with van der Waals surface area (Å²) in [5, 5.41) is 2.80. The number of anilines is 1. The minimum absolute atomic E-state index is 0.207. The van der Waals surface area contributed by atoms with E-state index in [2.05, 4.69) is 5.32 Å². The third-order valence-corrected chi connectivity index (χ3v) is 3.53. The van der Waals surface area contributed by atoms with Gasteiger partial charge in [0, 0.05) is 23.5 Å². The van der Waals surface area contributed by atoms with Gasteiger partial charge in [0.1, 0.15) is 11.0 Å². The van der Waals surface area contributed by atoms with Gasteiger partial charge in [-0.3, -0.25) is 9.59 Å². The minimum Gasteiger partial charge on any atom is -0.389 e. The lowest BCUT2D eigenvalue weighted by Gasteiger charge is -2.17. The largest absolute Gasteiger partial charge is 0.389 e. The van der Waals surface area contributed by atoms with Gasteiger partial charge in [0.2, 0.25) is 5.91 Å². The molecule has 1 aromatic heterocycles. The monoisotopic (exact) mass is 315 g/mol. The fraction of sp³-hybridized carbons (Fsp3) is 0.188. The number of carbonyl (C=O) groups excluding carboxylic acids is 1. The van der Waals surface area contributed by atoms with Gasteiger partial charge in [0.05, 0.1) is 0 Å². The first-order chi connectivity index (χ1) is 10.5. The van der Waals surface area contributed by atoms with Crippen molar-refractivity contribution in [1.29, 1.82) is 0 Å². The van der Waals surface area contributed by atoms with E-state index in [1.54, 1.807) is 42.6 Å². The summed E-state index contributed by atoms with van der Waals surface area (Å²) in [5.41, 5.74) is 6.65. The second-order valence-electron chi connectivity index (χ2n) is 4.80. The van der Waals surface area contributed by atoms with Crippen LogP contribution in [-0.2, 0) is 4.79 Å². The third-order valence-electron chi connectivity index (χ3n) is 3.29. The number of nitrogens with two attached hydrogens (primary N) is 1. The van der Waals surface area contributed by atoms with E-state index in [9.17, 15) is 9.59 Å². The Morgan fingerprint density at radius 3 is 2.73 bits per heavy atom. The molecule has 0 radical (unpaired) electrons. The number of carbonyl (C=O) groups is 1. The molecule has 0 aliphatic carbocycles. The first kappa shape index (κ1) is 15.9. The average molecular weight is 315 g/mol. The van der Waals surface area contributed by atoms with Crippen LogP contribution in [0.3, 0.4) is 0 Å². The lowest BCUT2D eigenvalue weighted by Crippen LogP contribution is -2.32. The molecule has 6 heteroatoms. The van der Waals surface area contributed by atoms with Gasteiger partial charge < -0.3 is 15.6 Å². The van der Waals surface area contributed by atoms with Gasteiger partial charge in [-0.25, -0.2) is 0 Å². The van der Waals surface area contributed by atoms with E-state index in [1.165, 1.54) is 10.6 Å². The first-order valence-corrected chi connectivity index (χ1v) is 7.31. The SMILES string of the molecule is CCC(C(=O)Nc1cccc(C(N)=S)c1)n1ccccc1=O. The van der Waals surface area contributed by atoms with Gasteiger partial charge in [-0.05, 0) is 24.6 Å². The summed E-state index contributed by atoms with van der Waals surface area (Å²) >= 11 is 4.92. The number of rotatable bonds is 5. The Morgan fingerprint density at radius 1 is 1.32 bits per heavy atom. The number of hydrogen-bond donors (Lipinski definition) is 2. The van der Waals surface area contributed by atoms with E-state index in [1.807, 2.05) is 6.92 Å². The molecule has 1 amide bonds. The molecule has 1 aromatic carbocycles. The van der Waals surface area contributed by atoms with Crippen molar-refractivity contribution in [3.63, 3.8) is 0 Å². The number of pyridine rings is 1. The maximum atomic E-state index is 12.4. The van der Waals surface area contributed by atoms with Gasteiger partial charge in [-0.2, -0.15) is 0 Å². The summed E-state index contributed by atoms with van der Waals surface area (Å²) in [4.78, 5) is 24.6. The smallest absolute Gasteiger partial charge is 0.251 e. The van der Waals surface area contributed by atoms with Crippen molar-refractivity contribution >= 4 is 28.8 Å². The standard InChI is InChI=1S/C16H17N3O2S/c1-2-13(19-9-4-3-8-14(19)20)16(21)18-12-7-5-6-11(10-12)15(17)22/h3-10,13H,2H2,1H3,(H2,17,22)(H,18,21). The fourth-order valence-corrected chi connectivity index (χ4v) is 2.31. The number of benzene rings is 1. The summed E-state index contributed by atoms with van der Waals surface area (Å²) < 4.78 is 1.42. The van der Waals surface area contributed by atoms with E-state index in [0.29, 0.717) is 17.7 Å². The van der Waals surface area contributed by atoms with E-state index < -0.39 is 6.04 Å². The average Bonchev–Trinajstić information content (AvgIpc) is 2.50. The van der Waals surface area contributed by atoms with Gasteiger partial charge >= 0.3 is 0 Å². The zero-order valence-electron chi connectivity index (χ0n) is 12.2. The molecule has 0 saturated carbocycles. The molecule has 1 unspecified atom stereocenters. The Morgan fingerprint density at radius 2 is 2.09 bits per heavy atom. The molecule has 0 bridgehead atoms. The van der Waals surface area contributed by atoms with Crippen LogP contribution in [-0.4, -0.2) is 15.5 Å². The van der Waals surface area contributed by atoms with Crippen molar-refractivity contribution in [2.45, 2.75) is 19.4 Å². The summed E-state index contributed by atoms with van der Waals surface area (Å²) in [6, 6.07) is 11.2. The Labute approximate surface area is 133 Å². The van der Waals surface area contributed by atoms with Crippen molar-refractivity contribution in [2.24, 2.45) is 5.73 Å². The van der Waals surface area contributed by atoms with E-state index in [-0.39, 0.29) is 16.5 Å². The van der Waals surface area contributed by atoms with Crippen LogP contribution in [0.25, 0.3) is 0 Å². The summed E-state index contributed by atoms with van der Waals surface area (Å²) in [6.07, 6.45) is 2.12. The number of thiocarbonyl (C=S) groups is 1. The van der Waals surface area contributed by atoms with Crippen molar-refractivity contribution in [2.75, 3.05) is 5.32 Å². The van der Waals surface area contributed by atoms with Crippen LogP contribution in [0.5, 0.6) is 0 Å². The lowest BCUT2D eigenvalue weighted by atomic mass is 10.1. The second-order valence-corrected chi connectivity index (χ2v) is 5.24. The van der Waals surface area contributed by atoms with Crippen molar-refractivity contribution in [1.82, 2.24) is 4.57 Å². The van der Waals surface area contributed by atoms with Crippen LogP contribution in [0.1, 0.15) is 24.9 Å². The van der Waals surface area contributed by atoms with Crippen LogP contribution >= 0.6 is 12.2 Å². The fourth-order valence-electron chi connectivity index (χ4n) is 2.18. The molecule has 0 fully saturated rings. The topological polar surface area (TPSA) is 77.1 Å². The van der Waals surface area contributed by atoms with Gasteiger partial charge in [0.15, 0.2) is 0 Å². The quantitative estimate of drug-likeness (QED) is 0.828. The third kappa shape index (κ3) is 3.59. The molecule has 2 aromatic rings. The molecule has 1 heterocycles. The molecule has 114 valence electrons. The number of amides is 1. The zero-order chi connectivity index (χ0) is 16.1. The molecule has 0 spiro atoms. The molecule has 0 aliphatic rings. The molecule has 2 rings (SSSR count). The molecule has 3 N–H and O–H groups in total.